The van der Waals surface area contributed by atoms with Gasteiger partial charge in [0.15, 0.2) is 0 Å². The third-order valence-electron chi connectivity index (χ3n) is 3.47. The predicted molar refractivity (Wildman–Crippen MR) is 77.2 cm³/mol. The normalized spacial score (nSPS) is 12.2. The number of hydrogen-bond acceptors (Lipinski definition) is 3. The van der Waals surface area contributed by atoms with Crippen molar-refractivity contribution in [2.24, 2.45) is 0 Å². The Balaban J connectivity index is 1.97. The molecular weight excluding hydrogens is 252 g/mol. The lowest BCUT2D eigenvalue weighted by atomic mass is 10.1. The highest BCUT2D eigenvalue weighted by Crippen LogP contribution is 2.11. The van der Waals surface area contributed by atoms with Crippen molar-refractivity contribution in [1.82, 2.24) is 19.9 Å². The minimum absolute atomic E-state index is 0.0291. The summed E-state index contributed by atoms with van der Waals surface area (Å²) in [6.07, 6.45) is 3.50. The third-order valence-corrected chi connectivity index (χ3v) is 3.47. The Morgan fingerprint density at radius 3 is 2.60 bits per heavy atom. The van der Waals surface area contributed by atoms with Crippen LogP contribution in [0.3, 0.4) is 0 Å². The number of carbonyl (C=O) groups excluding carboxylic acids is 1. The molecule has 0 radical (unpaired) electrons. The van der Waals surface area contributed by atoms with E-state index in [1.165, 1.54) is 0 Å². The van der Waals surface area contributed by atoms with Crippen molar-refractivity contribution in [3.63, 3.8) is 0 Å². The fourth-order valence-electron chi connectivity index (χ4n) is 1.96. The number of nitrogens with one attached hydrogen (secondary N) is 1. The molecule has 0 aliphatic rings. The van der Waals surface area contributed by atoms with Gasteiger partial charge >= 0.3 is 0 Å². The van der Waals surface area contributed by atoms with Crippen LogP contribution in [-0.2, 0) is 11.3 Å². The van der Waals surface area contributed by atoms with Crippen LogP contribution in [-0.4, -0.2) is 20.4 Å². The van der Waals surface area contributed by atoms with E-state index in [1.54, 1.807) is 12.5 Å². The predicted octanol–water partition coefficient (Wildman–Crippen LogP) is 2.08. The molecule has 5 nitrogen and oxygen atoms in total. The SMILES string of the molecule is Cc1ccc(C(C)NC(=O)Cn2cnc(C)c2C)cn1. The molecule has 0 fully saturated rings. The van der Waals surface area contributed by atoms with Crippen LogP contribution in [0, 0.1) is 20.8 Å². The van der Waals surface area contributed by atoms with Gasteiger partial charge in [0.05, 0.1) is 18.1 Å². The van der Waals surface area contributed by atoms with Crippen molar-refractivity contribution < 1.29 is 4.79 Å². The third kappa shape index (κ3) is 3.23. The Labute approximate surface area is 119 Å². The lowest BCUT2D eigenvalue weighted by Gasteiger charge is -2.15. The number of pyridine rings is 1. The largest absolute Gasteiger partial charge is 0.348 e. The van der Waals surface area contributed by atoms with E-state index in [-0.39, 0.29) is 18.5 Å². The fourth-order valence-corrected chi connectivity index (χ4v) is 1.96. The summed E-state index contributed by atoms with van der Waals surface area (Å²) in [4.78, 5) is 20.5. The van der Waals surface area contributed by atoms with Crippen LogP contribution in [0.15, 0.2) is 24.7 Å². The number of imidazole rings is 1. The van der Waals surface area contributed by atoms with Gasteiger partial charge in [-0.2, -0.15) is 0 Å². The summed E-state index contributed by atoms with van der Waals surface area (Å²) < 4.78 is 1.85. The Kier molecular flexibility index (Phi) is 4.17. The molecule has 2 heterocycles. The van der Waals surface area contributed by atoms with E-state index in [2.05, 4.69) is 15.3 Å². The molecule has 0 saturated heterocycles. The van der Waals surface area contributed by atoms with Crippen molar-refractivity contribution in [1.29, 1.82) is 0 Å². The van der Waals surface area contributed by atoms with Crippen LogP contribution >= 0.6 is 0 Å². The number of carbonyl (C=O) groups is 1. The summed E-state index contributed by atoms with van der Waals surface area (Å²) in [6, 6.07) is 3.88. The van der Waals surface area contributed by atoms with Crippen LogP contribution in [0.1, 0.15) is 35.6 Å². The molecule has 1 amide bonds. The summed E-state index contributed by atoms with van der Waals surface area (Å²) in [5, 5.41) is 2.97. The highest BCUT2D eigenvalue weighted by molar-refractivity contribution is 5.76. The topological polar surface area (TPSA) is 59.8 Å². The monoisotopic (exact) mass is 272 g/mol. The van der Waals surface area contributed by atoms with E-state index in [1.807, 2.05) is 44.4 Å². The smallest absolute Gasteiger partial charge is 0.240 e. The summed E-state index contributed by atoms with van der Waals surface area (Å²) in [6.45, 7) is 8.08. The number of hydrogen-bond donors (Lipinski definition) is 1. The fraction of sp³-hybridized carbons (Fsp3) is 0.400. The van der Waals surface area contributed by atoms with Gasteiger partial charge in [-0.25, -0.2) is 4.98 Å². The van der Waals surface area contributed by atoms with Crippen molar-refractivity contribution in [3.05, 3.63) is 47.3 Å². The van der Waals surface area contributed by atoms with E-state index < -0.39 is 0 Å². The Hall–Kier alpha value is -2.17. The zero-order valence-corrected chi connectivity index (χ0v) is 12.3. The minimum Gasteiger partial charge on any atom is -0.348 e. The van der Waals surface area contributed by atoms with Gasteiger partial charge in [0.25, 0.3) is 0 Å². The minimum atomic E-state index is -0.0551. The first kappa shape index (κ1) is 14.2. The maximum Gasteiger partial charge on any atom is 0.240 e. The second-order valence-electron chi connectivity index (χ2n) is 5.07. The number of rotatable bonds is 4. The van der Waals surface area contributed by atoms with Crippen LogP contribution < -0.4 is 5.32 Å². The molecule has 0 aliphatic heterocycles. The van der Waals surface area contributed by atoms with Gasteiger partial charge in [0.2, 0.25) is 5.91 Å². The van der Waals surface area contributed by atoms with Crippen LogP contribution in [0.5, 0.6) is 0 Å². The molecule has 1 N–H and O–H groups in total. The molecule has 2 aromatic rings. The lowest BCUT2D eigenvalue weighted by Crippen LogP contribution is -2.30. The zero-order valence-electron chi connectivity index (χ0n) is 12.3. The van der Waals surface area contributed by atoms with Crippen molar-refractivity contribution in [2.75, 3.05) is 0 Å². The number of nitrogens with zero attached hydrogens (tertiary/aromatic N) is 3. The number of aryl methyl sites for hydroxylation is 2. The van der Waals surface area contributed by atoms with Crippen molar-refractivity contribution in [2.45, 2.75) is 40.3 Å². The Morgan fingerprint density at radius 1 is 1.30 bits per heavy atom. The first-order chi connectivity index (χ1) is 9.47. The van der Waals surface area contributed by atoms with E-state index >= 15 is 0 Å². The maximum atomic E-state index is 12.0. The van der Waals surface area contributed by atoms with E-state index in [0.717, 1.165) is 22.6 Å². The van der Waals surface area contributed by atoms with Crippen LogP contribution in [0.25, 0.3) is 0 Å². The van der Waals surface area contributed by atoms with Crippen LogP contribution in [0.4, 0.5) is 0 Å². The molecule has 106 valence electrons. The second kappa shape index (κ2) is 5.86. The molecule has 0 spiro atoms. The molecule has 0 bridgehead atoms. The maximum absolute atomic E-state index is 12.0. The molecule has 2 rings (SSSR count). The van der Waals surface area contributed by atoms with Gasteiger partial charge < -0.3 is 9.88 Å². The van der Waals surface area contributed by atoms with Gasteiger partial charge in [-0.05, 0) is 39.3 Å². The van der Waals surface area contributed by atoms with E-state index in [0.29, 0.717) is 0 Å². The first-order valence-corrected chi connectivity index (χ1v) is 6.67. The van der Waals surface area contributed by atoms with Crippen molar-refractivity contribution >= 4 is 5.91 Å². The summed E-state index contributed by atoms with van der Waals surface area (Å²) >= 11 is 0. The summed E-state index contributed by atoms with van der Waals surface area (Å²) in [7, 11) is 0. The Bertz CT molecular complexity index is 601. The van der Waals surface area contributed by atoms with Gasteiger partial charge in [0, 0.05) is 17.6 Å². The highest BCUT2D eigenvalue weighted by atomic mass is 16.2. The molecule has 1 unspecified atom stereocenters. The molecule has 2 aromatic heterocycles. The average Bonchev–Trinajstić information content (AvgIpc) is 2.71. The molecular formula is C15H20N4O. The van der Waals surface area contributed by atoms with Gasteiger partial charge in [-0.3, -0.25) is 9.78 Å². The molecule has 5 heteroatoms. The molecule has 0 saturated carbocycles. The van der Waals surface area contributed by atoms with Gasteiger partial charge in [-0.15, -0.1) is 0 Å². The quantitative estimate of drug-likeness (QED) is 0.927. The first-order valence-electron chi connectivity index (χ1n) is 6.67. The van der Waals surface area contributed by atoms with E-state index in [9.17, 15) is 4.79 Å². The summed E-state index contributed by atoms with van der Waals surface area (Å²) in [5.74, 6) is -0.0291. The molecule has 1 atom stereocenters. The van der Waals surface area contributed by atoms with Crippen LogP contribution in [0.2, 0.25) is 0 Å². The van der Waals surface area contributed by atoms with Crippen molar-refractivity contribution in [3.8, 4) is 0 Å². The summed E-state index contributed by atoms with van der Waals surface area (Å²) in [5.41, 5.74) is 3.94. The zero-order chi connectivity index (χ0) is 14.7. The molecule has 0 aromatic carbocycles. The Morgan fingerprint density at radius 2 is 2.05 bits per heavy atom. The lowest BCUT2D eigenvalue weighted by molar-refractivity contribution is -0.122. The number of amides is 1. The molecule has 20 heavy (non-hydrogen) atoms. The standard InChI is InChI=1S/C15H20N4O/c1-10-5-6-14(7-16-10)12(3)18-15(20)8-19-9-17-11(2)13(19)4/h5-7,9,12H,8H2,1-4H3,(H,18,20). The second-order valence-corrected chi connectivity index (χ2v) is 5.07. The van der Waals surface area contributed by atoms with Gasteiger partial charge in [-0.1, -0.05) is 6.07 Å². The number of aromatic nitrogens is 3. The van der Waals surface area contributed by atoms with Gasteiger partial charge in [0.1, 0.15) is 6.54 Å². The van der Waals surface area contributed by atoms with E-state index in [4.69, 9.17) is 0 Å². The average molecular weight is 272 g/mol. The molecule has 0 aliphatic carbocycles. The highest BCUT2D eigenvalue weighted by Gasteiger charge is 2.11.